The van der Waals surface area contributed by atoms with E-state index in [2.05, 4.69) is 26.1 Å². The smallest absolute Gasteiger partial charge is 0.408 e. The first-order chi connectivity index (χ1) is 14.2. The van der Waals surface area contributed by atoms with Gasteiger partial charge in [0.2, 0.25) is 9.76 Å². The van der Waals surface area contributed by atoms with E-state index in [4.69, 9.17) is 9.16 Å². The molecule has 0 spiro atoms. The van der Waals surface area contributed by atoms with E-state index in [1.807, 2.05) is 38.1 Å². The van der Waals surface area contributed by atoms with Gasteiger partial charge in [0.25, 0.3) is 5.91 Å². The van der Waals surface area contributed by atoms with Gasteiger partial charge in [-0.25, -0.2) is 4.79 Å². The van der Waals surface area contributed by atoms with Crippen molar-refractivity contribution < 1.29 is 18.8 Å². The van der Waals surface area contributed by atoms with Gasteiger partial charge in [0.15, 0.2) is 0 Å². The van der Waals surface area contributed by atoms with Crippen LogP contribution in [0.25, 0.3) is 10.9 Å². The summed E-state index contributed by atoms with van der Waals surface area (Å²) in [6.45, 7) is 15.8. The fourth-order valence-electron chi connectivity index (χ4n) is 3.30. The highest BCUT2D eigenvalue weighted by molar-refractivity contribution is 7.99. The van der Waals surface area contributed by atoms with E-state index in [0.717, 1.165) is 21.5 Å². The zero-order valence-corrected chi connectivity index (χ0v) is 21.4. The number of carbonyl (C=O) groups excluding carboxylic acids is 2. The van der Waals surface area contributed by atoms with Gasteiger partial charge in [-0.05, 0) is 51.8 Å². The number of aromatic nitrogens is 1. The third-order valence-electron chi connectivity index (χ3n) is 4.63. The molecular weight excluding hydrogens is 428 g/mol. The first-order valence-electron chi connectivity index (χ1n) is 10.4. The Morgan fingerprint density at radius 2 is 1.84 bits per heavy atom. The lowest BCUT2D eigenvalue weighted by Gasteiger charge is -2.30. The standard InChI is InChI=1S/C23H32N2O4SSi/c1-21(2,3)28-20(27)24-15-13-30-16-11-9-10-14-12-17(25(18(14)16)19(15)26)23(7,8)29-31-22(4,5)6/h9-12,15H,13H2,1-8H3,(H,24,27)/t15-/m0/s1. The van der Waals surface area contributed by atoms with Gasteiger partial charge < -0.3 is 14.5 Å². The van der Waals surface area contributed by atoms with Crippen molar-refractivity contribution in [1.29, 1.82) is 0 Å². The first-order valence-corrected chi connectivity index (χ1v) is 12.3. The third-order valence-corrected chi connectivity index (χ3v) is 7.00. The van der Waals surface area contributed by atoms with Crippen LogP contribution in [-0.4, -0.2) is 43.7 Å². The Kier molecular flexibility index (Phi) is 6.39. The van der Waals surface area contributed by atoms with Crippen LogP contribution < -0.4 is 5.32 Å². The second kappa shape index (κ2) is 8.29. The van der Waals surface area contributed by atoms with E-state index in [-0.39, 0.29) is 20.7 Å². The normalized spacial score (nSPS) is 17.5. The Morgan fingerprint density at radius 3 is 2.45 bits per heavy atom. The maximum Gasteiger partial charge on any atom is 0.408 e. The zero-order chi connectivity index (χ0) is 23.2. The molecule has 2 radical (unpaired) electrons. The van der Waals surface area contributed by atoms with Crippen molar-refractivity contribution in [2.75, 3.05) is 5.75 Å². The van der Waals surface area contributed by atoms with Crippen molar-refractivity contribution in [3.63, 3.8) is 0 Å². The number of nitrogens with zero attached hydrogens (tertiary/aromatic N) is 1. The number of benzene rings is 1. The second-order valence-electron chi connectivity index (χ2n) is 10.4. The number of nitrogens with one attached hydrogen (secondary N) is 1. The Labute approximate surface area is 191 Å². The summed E-state index contributed by atoms with van der Waals surface area (Å²) >= 11 is 1.56. The maximum atomic E-state index is 13.7. The summed E-state index contributed by atoms with van der Waals surface area (Å²) in [5.74, 6) is 0.257. The lowest BCUT2D eigenvalue weighted by molar-refractivity contribution is 0.0486. The van der Waals surface area contributed by atoms with Crippen molar-refractivity contribution in [2.24, 2.45) is 0 Å². The van der Waals surface area contributed by atoms with E-state index in [0.29, 0.717) is 5.75 Å². The molecule has 0 aliphatic carbocycles. The van der Waals surface area contributed by atoms with Gasteiger partial charge in [0.05, 0.1) is 16.8 Å². The largest absolute Gasteiger partial charge is 0.444 e. The molecular formula is C23H32N2O4SSi. The van der Waals surface area contributed by atoms with Gasteiger partial charge in [-0.15, -0.1) is 11.8 Å². The average molecular weight is 461 g/mol. The number of para-hydroxylation sites is 1. The van der Waals surface area contributed by atoms with E-state index in [1.54, 1.807) is 37.1 Å². The second-order valence-corrected chi connectivity index (χ2v) is 13.3. The monoisotopic (exact) mass is 460 g/mol. The topological polar surface area (TPSA) is 69.6 Å². The molecule has 1 aliphatic rings. The van der Waals surface area contributed by atoms with Crippen molar-refractivity contribution in [2.45, 2.75) is 82.6 Å². The van der Waals surface area contributed by atoms with Crippen LogP contribution in [0.4, 0.5) is 4.79 Å². The number of carbonyl (C=O) groups is 2. The lowest BCUT2D eigenvalue weighted by Crippen LogP contribution is -2.47. The zero-order valence-electron chi connectivity index (χ0n) is 19.6. The molecule has 0 unspecified atom stereocenters. The summed E-state index contributed by atoms with van der Waals surface area (Å²) in [5, 5.41) is 3.79. The first kappa shape index (κ1) is 23.9. The van der Waals surface area contributed by atoms with Crippen LogP contribution in [0, 0.1) is 0 Å². The van der Waals surface area contributed by atoms with Gasteiger partial charge in [-0.1, -0.05) is 32.9 Å². The SMILES string of the molecule is CC(C)(C)OC(=O)N[C@H]1CSc2cccc3cc(C(C)(C)O[Si]C(C)(C)C)n(c23)C1=O. The summed E-state index contributed by atoms with van der Waals surface area (Å²) in [7, 11) is 0.273. The molecule has 6 nitrogen and oxygen atoms in total. The molecule has 1 N–H and O–H groups in total. The van der Waals surface area contributed by atoms with Crippen molar-refractivity contribution >= 4 is 44.4 Å². The van der Waals surface area contributed by atoms with E-state index in [9.17, 15) is 9.59 Å². The number of alkyl carbamates (subject to hydrolysis) is 1. The summed E-state index contributed by atoms with van der Waals surface area (Å²) < 4.78 is 13.4. The molecule has 2 aromatic rings. The fourth-order valence-corrected chi connectivity index (χ4v) is 5.06. The lowest BCUT2D eigenvalue weighted by atomic mass is 10.1. The summed E-state index contributed by atoms with van der Waals surface area (Å²) in [6.07, 6.45) is -0.591. The Morgan fingerprint density at radius 1 is 1.16 bits per heavy atom. The van der Waals surface area contributed by atoms with E-state index in [1.165, 1.54) is 0 Å². The van der Waals surface area contributed by atoms with Crippen molar-refractivity contribution in [3.8, 4) is 0 Å². The molecule has 1 amide bonds. The van der Waals surface area contributed by atoms with Crippen molar-refractivity contribution in [1.82, 2.24) is 9.88 Å². The van der Waals surface area contributed by atoms with Crippen LogP contribution in [0.1, 0.15) is 65.9 Å². The summed E-state index contributed by atoms with van der Waals surface area (Å²) in [6, 6.07) is 7.34. The minimum Gasteiger partial charge on any atom is -0.444 e. The summed E-state index contributed by atoms with van der Waals surface area (Å²) in [5.41, 5.74) is 0.346. The highest BCUT2D eigenvalue weighted by Crippen LogP contribution is 2.39. The molecule has 2 heterocycles. The van der Waals surface area contributed by atoms with Gasteiger partial charge in [0.1, 0.15) is 11.6 Å². The van der Waals surface area contributed by atoms with Crippen LogP contribution in [0.5, 0.6) is 0 Å². The molecule has 1 aliphatic heterocycles. The van der Waals surface area contributed by atoms with Crippen LogP contribution in [0.15, 0.2) is 29.2 Å². The Bertz CT molecular complexity index is 1000. The molecule has 31 heavy (non-hydrogen) atoms. The van der Waals surface area contributed by atoms with Crippen LogP contribution in [0.3, 0.4) is 0 Å². The minimum absolute atomic E-state index is 0.0217. The number of thioether (sulfide) groups is 1. The number of amides is 1. The Hall–Kier alpha value is -1.77. The molecule has 1 aromatic heterocycles. The van der Waals surface area contributed by atoms with Gasteiger partial charge in [-0.2, -0.15) is 0 Å². The molecule has 0 saturated carbocycles. The molecule has 0 saturated heterocycles. The molecule has 0 bridgehead atoms. The molecule has 3 rings (SSSR count). The molecule has 1 atom stereocenters. The molecule has 1 aromatic carbocycles. The third kappa shape index (κ3) is 5.54. The van der Waals surface area contributed by atoms with E-state index < -0.39 is 23.3 Å². The minimum atomic E-state index is -0.706. The average Bonchev–Trinajstić information content (AvgIpc) is 2.96. The van der Waals surface area contributed by atoms with Gasteiger partial charge in [0, 0.05) is 16.0 Å². The predicted octanol–water partition coefficient (Wildman–Crippen LogP) is 5.37. The summed E-state index contributed by atoms with van der Waals surface area (Å²) in [4.78, 5) is 27.1. The van der Waals surface area contributed by atoms with Gasteiger partial charge in [-0.3, -0.25) is 9.36 Å². The molecule has 0 fully saturated rings. The van der Waals surface area contributed by atoms with Crippen LogP contribution in [-0.2, 0) is 14.8 Å². The van der Waals surface area contributed by atoms with Crippen LogP contribution in [0.2, 0.25) is 5.04 Å². The maximum absolute atomic E-state index is 13.7. The fraction of sp³-hybridized carbons (Fsp3) is 0.565. The van der Waals surface area contributed by atoms with Crippen molar-refractivity contribution in [3.05, 3.63) is 30.0 Å². The van der Waals surface area contributed by atoms with E-state index >= 15 is 0 Å². The predicted molar refractivity (Wildman–Crippen MR) is 126 cm³/mol. The van der Waals surface area contributed by atoms with Gasteiger partial charge >= 0.3 is 6.09 Å². The molecule has 8 heteroatoms. The number of rotatable bonds is 4. The Balaban J connectivity index is 2.01. The number of ether oxygens (including phenoxy) is 1. The number of hydrogen-bond donors (Lipinski definition) is 1. The highest BCUT2D eigenvalue weighted by atomic mass is 32.2. The highest BCUT2D eigenvalue weighted by Gasteiger charge is 2.36. The quantitative estimate of drug-likeness (QED) is 0.621. The number of hydrogen-bond acceptors (Lipinski definition) is 5. The van der Waals surface area contributed by atoms with Crippen LogP contribution >= 0.6 is 11.8 Å². The molecule has 168 valence electrons.